The predicted octanol–water partition coefficient (Wildman–Crippen LogP) is 13.5. The van der Waals surface area contributed by atoms with E-state index in [1.165, 1.54) is 6.07 Å². The number of aliphatic hydroxyl groups excluding tert-OH is 1. The van der Waals surface area contributed by atoms with E-state index < -0.39 is 8.32 Å². The minimum Gasteiger partial charge on any atom is -0.489 e. The summed E-state index contributed by atoms with van der Waals surface area (Å²) in [4.78, 5) is 54.3. The van der Waals surface area contributed by atoms with Gasteiger partial charge in [-0.05, 0) is 94.2 Å². The average molecular weight is 1190 g/mol. The molecule has 19 heteroatoms. The van der Waals surface area contributed by atoms with E-state index in [1.807, 2.05) is 108 Å². The van der Waals surface area contributed by atoms with E-state index in [0.717, 1.165) is 52.3 Å². The Labute approximate surface area is 499 Å². The van der Waals surface area contributed by atoms with Gasteiger partial charge in [0.15, 0.2) is 8.32 Å². The van der Waals surface area contributed by atoms with Crippen molar-refractivity contribution in [2.24, 2.45) is 19.9 Å². The molecule has 2 amide bonds. The number of hydrazine groups is 2. The molecule has 0 aliphatic rings. The highest BCUT2D eigenvalue weighted by Gasteiger charge is 2.36. The molecular weight excluding hydrogens is 1100 g/mol. The SMILES string of the molecule is C.CC(C)(C)[Si](C)(C)OCCC=O.CC(C)Oc1ccc(C(=O)NN(CCCO)Cc2ccc(-c3cn(C)c(C(C)(C)C)n3)cc2)cc1Cl.CC(C)Oc1ccc(C(=O)NN)cc1Cl.Cn1cc(-c2ccc(C=O)cc2)nc1C(C)(C)C. The molecule has 4 aromatic carbocycles. The summed E-state index contributed by atoms with van der Waals surface area (Å²) in [5, 5.41) is 12.2. The first-order valence-electron chi connectivity index (χ1n) is 27.1. The monoisotopic (exact) mass is 1190 g/mol. The Morgan fingerprint density at radius 3 is 1.51 bits per heavy atom. The molecule has 6 aromatic rings. The second-order valence-corrected chi connectivity index (χ2v) is 29.3. The summed E-state index contributed by atoms with van der Waals surface area (Å²) in [6.45, 7) is 33.1. The first-order valence-corrected chi connectivity index (χ1v) is 30.8. The Hall–Kier alpha value is -6.18. The molecule has 6 rings (SSSR count). The standard InChI is InChI=1S/C28H37ClN4O3.C15H18N2O.C10H13ClN2O2.C9H20O2Si.CH4/c1-19(2)36-25-13-12-22(16-23(25)29)26(35)31-33(14-7-15-34)17-20-8-10-21(11-9-20)24-18-32(6)27(30-24)28(3,4)5;1-15(2,3)14-16-13(9-17(14)4)12-7-5-11(10-18)6-8-12;1-6(2)15-9-4-3-7(5-8(9)11)10(14)13-12;1-9(2,3)12(4,5)11-8-6-7-10;/h8-13,16,18-19,34H,7,14-15,17H2,1-6H3,(H,31,35);5-10H,1-4H3;3-6H,12H2,1-2H3,(H,13,14);7H,6,8H2,1-5H3;1H4. The second-order valence-electron chi connectivity index (χ2n) is 23.7. The van der Waals surface area contributed by atoms with Crippen molar-refractivity contribution in [3.63, 3.8) is 0 Å². The van der Waals surface area contributed by atoms with Crippen LogP contribution in [0.15, 0.2) is 97.3 Å². The zero-order chi connectivity index (χ0) is 61.0. The third-order valence-corrected chi connectivity index (χ3v) is 17.8. The number of rotatable bonds is 19. The first kappa shape index (κ1) is 71.9. The molecule has 2 heterocycles. The van der Waals surface area contributed by atoms with Gasteiger partial charge in [0.2, 0.25) is 0 Å². The maximum absolute atomic E-state index is 12.9. The number of nitrogen functional groups attached to an aromatic ring is 1. The van der Waals surface area contributed by atoms with E-state index in [0.29, 0.717) is 70.8 Å². The molecule has 0 radical (unpaired) electrons. The number of nitrogens with one attached hydrogen (secondary N) is 2. The Balaban J connectivity index is 0.000000416. The summed E-state index contributed by atoms with van der Waals surface area (Å²) >= 11 is 12.2. The van der Waals surface area contributed by atoms with Crippen molar-refractivity contribution in [1.29, 1.82) is 0 Å². The number of nitrogens with two attached hydrogens (primary N) is 1. The normalized spacial score (nSPS) is 11.5. The van der Waals surface area contributed by atoms with E-state index in [9.17, 15) is 24.3 Å². The van der Waals surface area contributed by atoms with Crippen molar-refractivity contribution in [2.45, 2.75) is 158 Å². The van der Waals surface area contributed by atoms with Crippen LogP contribution in [0.3, 0.4) is 0 Å². The number of hydrogen-bond acceptors (Lipinski definition) is 12. The number of imidazole rings is 2. The zero-order valence-corrected chi connectivity index (χ0v) is 53.2. The minimum absolute atomic E-state index is 0. The molecule has 450 valence electrons. The van der Waals surface area contributed by atoms with Gasteiger partial charge in [0, 0.05) is 97.9 Å². The summed E-state index contributed by atoms with van der Waals surface area (Å²) in [5.74, 6) is 7.53. The summed E-state index contributed by atoms with van der Waals surface area (Å²) in [5.41, 5.74) is 11.5. The van der Waals surface area contributed by atoms with Crippen molar-refractivity contribution in [3.05, 3.63) is 141 Å². The molecule has 0 atom stereocenters. The van der Waals surface area contributed by atoms with Crippen molar-refractivity contribution in [3.8, 4) is 34.0 Å². The van der Waals surface area contributed by atoms with Crippen LogP contribution in [-0.4, -0.2) is 93.9 Å². The predicted molar refractivity (Wildman–Crippen MR) is 336 cm³/mol. The van der Waals surface area contributed by atoms with Crippen LogP contribution in [0.2, 0.25) is 28.2 Å². The number of aryl methyl sites for hydroxylation is 2. The van der Waals surface area contributed by atoms with Crippen LogP contribution < -0.4 is 26.2 Å². The highest BCUT2D eigenvalue weighted by atomic mass is 35.5. The number of nitrogens with zero attached hydrogens (tertiary/aromatic N) is 5. The van der Waals surface area contributed by atoms with Gasteiger partial charge < -0.3 is 32.9 Å². The second kappa shape index (κ2) is 32.6. The highest BCUT2D eigenvalue weighted by Crippen LogP contribution is 2.36. The Kier molecular flexibility index (Phi) is 28.6. The van der Waals surface area contributed by atoms with Crippen LogP contribution in [0.1, 0.15) is 159 Å². The van der Waals surface area contributed by atoms with Crippen LogP contribution in [0, 0.1) is 0 Å². The third-order valence-electron chi connectivity index (χ3n) is 12.7. The van der Waals surface area contributed by atoms with E-state index >= 15 is 0 Å². The molecule has 2 aromatic heterocycles. The fraction of sp³-hybridized carbons (Fsp3) is 0.460. The minimum atomic E-state index is -1.60. The van der Waals surface area contributed by atoms with Crippen molar-refractivity contribution in [2.75, 3.05) is 19.8 Å². The number of ether oxygens (including phenoxy) is 2. The van der Waals surface area contributed by atoms with Gasteiger partial charge in [-0.2, -0.15) is 0 Å². The molecule has 0 saturated carbocycles. The summed E-state index contributed by atoms with van der Waals surface area (Å²) < 4.78 is 20.9. The fourth-order valence-electron chi connectivity index (χ4n) is 7.63. The molecule has 0 spiro atoms. The van der Waals surface area contributed by atoms with Gasteiger partial charge in [0.25, 0.3) is 11.8 Å². The number of benzene rings is 4. The number of aldehydes is 2. The number of halogens is 2. The topological polar surface area (TPSA) is 205 Å². The molecule has 0 aliphatic carbocycles. The van der Waals surface area contributed by atoms with Crippen LogP contribution >= 0.6 is 23.2 Å². The van der Waals surface area contributed by atoms with Crippen molar-refractivity contribution in [1.82, 2.24) is 35.0 Å². The van der Waals surface area contributed by atoms with E-state index in [4.69, 9.17) is 47.9 Å². The Morgan fingerprint density at radius 1 is 0.720 bits per heavy atom. The molecule has 0 aliphatic heterocycles. The summed E-state index contributed by atoms with van der Waals surface area (Å²) in [6, 6.07) is 25.4. The molecule has 5 N–H and O–H groups in total. The van der Waals surface area contributed by atoms with E-state index in [1.54, 1.807) is 35.3 Å². The fourth-order valence-corrected chi connectivity index (χ4v) is 9.14. The first-order chi connectivity index (χ1) is 37.7. The maximum atomic E-state index is 12.9. The lowest BCUT2D eigenvalue weighted by molar-refractivity contribution is -0.108. The van der Waals surface area contributed by atoms with Crippen molar-refractivity contribution >= 4 is 55.9 Å². The summed E-state index contributed by atoms with van der Waals surface area (Å²) in [6.07, 6.45) is 6.91. The molecule has 0 fully saturated rings. The number of aliphatic hydroxyl groups is 1. The lowest BCUT2D eigenvalue weighted by Crippen LogP contribution is -2.42. The number of carbonyl (C=O) groups excluding carboxylic acids is 4. The lowest BCUT2D eigenvalue weighted by Gasteiger charge is -2.35. The largest absolute Gasteiger partial charge is 0.489 e. The lowest BCUT2D eigenvalue weighted by atomic mass is 9.96. The molecule has 16 nitrogen and oxygen atoms in total. The van der Waals surface area contributed by atoms with Crippen LogP contribution in [-0.2, 0) is 40.7 Å². The number of hydrogen-bond donors (Lipinski definition) is 4. The highest BCUT2D eigenvalue weighted by molar-refractivity contribution is 6.74. The van der Waals surface area contributed by atoms with E-state index in [2.05, 4.69) is 95.0 Å². The van der Waals surface area contributed by atoms with Gasteiger partial charge in [0.05, 0.1) is 33.6 Å². The quantitative estimate of drug-likeness (QED) is 0.0149. The van der Waals surface area contributed by atoms with Gasteiger partial charge in [-0.1, -0.05) is 141 Å². The molecular formula is C63H92Cl2N8O8Si. The number of carbonyl (C=O) groups is 4. The zero-order valence-electron chi connectivity index (χ0n) is 50.7. The number of amides is 2. The Morgan fingerprint density at radius 2 is 1.16 bits per heavy atom. The summed E-state index contributed by atoms with van der Waals surface area (Å²) in [7, 11) is 2.43. The smallest absolute Gasteiger partial charge is 0.265 e. The van der Waals surface area contributed by atoms with Gasteiger partial charge >= 0.3 is 0 Å². The number of aromatic nitrogens is 4. The van der Waals surface area contributed by atoms with Gasteiger partial charge in [-0.25, -0.2) is 20.8 Å². The van der Waals surface area contributed by atoms with Crippen molar-refractivity contribution < 1.29 is 38.2 Å². The van der Waals surface area contributed by atoms with E-state index in [-0.39, 0.29) is 53.9 Å². The molecule has 0 saturated heterocycles. The molecule has 0 bridgehead atoms. The third kappa shape index (κ3) is 22.9. The average Bonchev–Trinajstić information content (AvgIpc) is 4.02. The molecule has 0 unspecified atom stereocenters. The van der Waals surface area contributed by atoms with Crippen LogP contribution in [0.25, 0.3) is 22.5 Å². The van der Waals surface area contributed by atoms with Gasteiger partial charge in [-0.15, -0.1) is 0 Å². The molecule has 82 heavy (non-hydrogen) atoms. The maximum Gasteiger partial charge on any atom is 0.265 e. The van der Waals surface area contributed by atoms with Crippen LogP contribution in [0.4, 0.5) is 0 Å². The Bertz CT molecular complexity index is 2960. The van der Waals surface area contributed by atoms with Crippen LogP contribution in [0.5, 0.6) is 11.5 Å². The van der Waals surface area contributed by atoms with Gasteiger partial charge in [0.1, 0.15) is 35.7 Å². The van der Waals surface area contributed by atoms with Gasteiger partial charge in [-0.3, -0.25) is 25.2 Å².